The molecule has 1 heterocycles. The van der Waals surface area contributed by atoms with Crippen molar-refractivity contribution in [2.24, 2.45) is 0 Å². The highest BCUT2D eigenvalue weighted by molar-refractivity contribution is 7.93. The minimum Gasteiger partial charge on any atom is -0.374 e. The number of morpholine rings is 1. The summed E-state index contributed by atoms with van der Waals surface area (Å²) >= 11 is 0. The number of amides is 1. The summed E-state index contributed by atoms with van der Waals surface area (Å²) in [5.74, 6) is -0.161. The van der Waals surface area contributed by atoms with Crippen molar-refractivity contribution < 1.29 is 17.9 Å². The standard InChI is InChI=1S/C14H23NO4S/c1-20(17,18)14(7-4-8-14)13(16)15-9-10-19-12-6-3-2-5-11(12)15/h11-12H,2-10H2,1H3/t11-,12-/m0/s1. The molecule has 2 atom stereocenters. The van der Waals surface area contributed by atoms with Crippen molar-refractivity contribution in [3.05, 3.63) is 0 Å². The van der Waals surface area contributed by atoms with Crippen LogP contribution in [0.4, 0.5) is 0 Å². The predicted molar refractivity (Wildman–Crippen MR) is 75.1 cm³/mol. The lowest BCUT2D eigenvalue weighted by atomic mass is 9.81. The average Bonchev–Trinajstić information content (AvgIpc) is 2.34. The van der Waals surface area contributed by atoms with Crippen LogP contribution in [0.3, 0.4) is 0 Å². The molecule has 0 aromatic heterocycles. The first-order valence-electron chi connectivity index (χ1n) is 7.58. The summed E-state index contributed by atoms with van der Waals surface area (Å²) in [6.07, 6.45) is 7.29. The Labute approximate surface area is 120 Å². The zero-order valence-electron chi connectivity index (χ0n) is 12.0. The second kappa shape index (κ2) is 4.98. The van der Waals surface area contributed by atoms with Crippen molar-refractivity contribution in [2.45, 2.75) is 61.8 Å². The third-order valence-corrected chi connectivity index (χ3v) is 7.26. The monoisotopic (exact) mass is 301 g/mol. The maximum absolute atomic E-state index is 12.9. The van der Waals surface area contributed by atoms with Gasteiger partial charge in [0.15, 0.2) is 14.6 Å². The van der Waals surface area contributed by atoms with Gasteiger partial charge in [0.25, 0.3) is 0 Å². The summed E-state index contributed by atoms with van der Waals surface area (Å²) in [5.41, 5.74) is 0. The number of carbonyl (C=O) groups excluding carboxylic acids is 1. The molecule has 3 fully saturated rings. The average molecular weight is 301 g/mol. The zero-order chi connectivity index (χ0) is 14.4. The van der Waals surface area contributed by atoms with Crippen LogP contribution in [0.15, 0.2) is 0 Å². The van der Waals surface area contributed by atoms with E-state index in [4.69, 9.17) is 4.74 Å². The van der Waals surface area contributed by atoms with E-state index in [1.165, 1.54) is 6.26 Å². The minimum absolute atomic E-state index is 0.0872. The maximum atomic E-state index is 12.9. The third kappa shape index (κ3) is 2.08. The molecule has 0 aromatic rings. The fourth-order valence-electron chi connectivity index (χ4n) is 3.85. The number of sulfone groups is 1. The molecule has 2 aliphatic carbocycles. The van der Waals surface area contributed by atoms with E-state index in [9.17, 15) is 13.2 Å². The first-order valence-corrected chi connectivity index (χ1v) is 9.47. The van der Waals surface area contributed by atoms with E-state index in [-0.39, 0.29) is 18.1 Å². The smallest absolute Gasteiger partial charge is 0.244 e. The van der Waals surface area contributed by atoms with Crippen LogP contribution in [0, 0.1) is 0 Å². The molecule has 0 bridgehead atoms. The molecule has 0 aromatic carbocycles. The van der Waals surface area contributed by atoms with Crippen LogP contribution in [0.25, 0.3) is 0 Å². The molecule has 1 aliphatic heterocycles. The van der Waals surface area contributed by atoms with Crippen molar-refractivity contribution in [3.63, 3.8) is 0 Å². The van der Waals surface area contributed by atoms with Gasteiger partial charge in [0, 0.05) is 12.8 Å². The summed E-state index contributed by atoms with van der Waals surface area (Å²) in [6.45, 7) is 1.07. The van der Waals surface area contributed by atoms with Crippen LogP contribution in [-0.2, 0) is 19.4 Å². The number of carbonyl (C=O) groups is 1. The van der Waals surface area contributed by atoms with E-state index in [0.29, 0.717) is 26.0 Å². The second-order valence-electron chi connectivity index (χ2n) is 6.38. The molecule has 3 rings (SSSR count). The van der Waals surface area contributed by atoms with Gasteiger partial charge in [-0.1, -0.05) is 12.8 Å². The van der Waals surface area contributed by atoms with Crippen molar-refractivity contribution in [2.75, 3.05) is 19.4 Å². The Morgan fingerprint density at radius 3 is 2.50 bits per heavy atom. The molecule has 114 valence electrons. The maximum Gasteiger partial charge on any atom is 0.244 e. The lowest BCUT2D eigenvalue weighted by Crippen LogP contribution is -2.64. The minimum atomic E-state index is -3.35. The Bertz CT molecular complexity index is 495. The Balaban J connectivity index is 1.85. The molecule has 2 saturated carbocycles. The van der Waals surface area contributed by atoms with Crippen molar-refractivity contribution in [3.8, 4) is 0 Å². The number of hydrogen-bond donors (Lipinski definition) is 0. The SMILES string of the molecule is CS(=O)(=O)C1(C(=O)N2CCO[C@H]3CCCC[C@@H]32)CCC1. The molecular weight excluding hydrogens is 278 g/mol. The van der Waals surface area contributed by atoms with Crippen molar-refractivity contribution in [1.82, 2.24) is 4.90 Å². The molecule has 0 unspecified atom stereocenters. The van der Waals surface area contributed by atoms with Gasteiger partial charge in [0.05, 0.1) is 18.8 Å². The van der Waals surface area contributed by atoms with Crippen molar-refractivity contribution in [1.29, 1.82) is 0 Å². The first-order chi connectivity index (χ1) is 9.46. The Morgan fingerprint density at radius 1 is 1.20 bits per heavy atom. The van der Waals surface area contributed by atoms with Gasteiger partial charge in [-0.05, 0) is 32.1 Å². The van der Waals surface area contributed by atoms with E-state index in [1.54, 1.807) is 0 Å². The molecule has 20 heavy (non-hydrogen) atoms. The van der Waals surface area contributed by atoms with E-state index < -0.39 is 14.6 Å². The Hall–Kier alpha value is -0.620. The van der Waals surface area contributed by atoms with Gasteiger partial charge >= 0.3 is 0 Å². The molecule has 3 aliphatic rings. The second-order valence-corrected chi connectivity index (χ2v) is 8.71. The molecule has 0 spiro atoms. The van der Waals surface area contributed by atoms with Gasteiger partial charge in [-0.25, -0.2) is 8.42 Å². The molecule has 1 saturated heterocycles. The topological polar surface area (TPSA) is 63.7 Å². The fraction of sp³-hybridized carbons (Fsp3) is 0.929. The van der Waals surface area contributed by atoms with Crippen molar-refractivity contribution >= 4 is 15.7 Å². The van der Waals surface area contributed by atoms with E-state index in [0.717, 1.165) is 32.1 Å². The molecule has 6 heteroatoms. The van der Waals surface area contributed by atoms with Crippen LogP contribution in [-0.4, -0.2) is 55.5 Å². The number of nitrogens with zero attached hydrogens (tertiary/aromatic N) is 1. The first kappa shape index (κ1) is 14.3. The molecular formula is C14H23NO4S. The highest BCUT2D eigenvalue weighted by Gasteiger charge is 2.56. The largest absolute Gasteiger partial charge is 0.374 e. The normalized spacial score (nSPS) is 33.1. The summed E-state index contributed by atoms with van der Waals surface area (Å²) in [6, 6.07) is 0.0872. The van der Waals surface area contributed by atoms with Crippen LogP contribution < -0.4 is 0 Å². The number of ether oxygens (including phenoxy) is 1. The molecule has 1 amide bonds. The number of hydrogen-bond acceptors (Lipinski definition) is 4. The van der Waals surface area contributed by atoms with Crippen LogP contribution >= 0.6 is 0 Å². The number of fused-ring (bicyclic) bond motifs is 1. The van der Waals surface area contributed by atoms with Gasteiger partial charge < -0.3 is 9.64 Å². The molecule has 0 N–H and O–H groups in total. The summed E-state index contributed by atoms with van der Waals surface area (Å²) in [4.78, 5) is 14.7. The predicted octanol–water partition coefficient (Wildman–Crippen LogP) is 1.12. The van der Waals surface area contributed by atoms with Gasteiger partial charge in [-0.3, -0.25) is 4.79 Å². The van der Waals surface area contributed by atoms with Crippen LogP contribution in [0.1, 0.15) is 44.9 Å². The van der Waals surface area contributed by atoms with Crippen LogP contribution in [0.2, 0.25) is 0 Å². The van der Waals surface area contributed by atoms with E-state index in [1.807, 2.05) is 4.90 Å². The van der Waals surface area contributed by atoms with Crippen LogP contribution in [0.5, 0.6) is 0 Å². The summed E-state index contributed by atoms with van der Waals surface area (Å²) in [5, 5.41) is 0. The summed E-state index contributed by atoms with van der Waals surface area (Å²) in [7, 11) is -3.35. The lowest BCUT2D eigenvalue weighted by molar-refractivity contribution is -0.154. The quantitative estimate of drug-likeness (QED) is 0.767. The Kier molecular flexibility index (Phi) is 3.57. The van der Waals surface area contributed by atoms with Gasteiger partial charge in [0.1, 0.15) is 0 Å². The van der Waals surface area contributed by atoms with E-state index >= 15 is 0 Å². The van der Waals surface area contributed by atoms with Gasteiger partial charge in [-0.15, -0.1) is 0 Å². The van der Waals surface area contributed by atoms with E-state index in [2.05, 4.69) is 0 Å². The summed E-state index contributed by atoms with van der Waals surface area (Å²) < 4.78 is 28.8. The third-order valence-electron chi connectivity index (χ3n) is 5.25. The fourth-order valence-corrected chi connectivity index (χ4v) is 5.32. The highest BCUT2D eigenvalue weighted by Crippen LogP contribution is 2.42. The van der Waals surface area contributed by atoms with Gasteiger partial charge in [-0.2, -0.15) is 0 Å². The Morgan fingerprint density at radius 2 is 1.90 bits per heavy atom. The molecule has 5 nitrogen and oxygen atoms in total. The molecule has 0 radical (unpaired) electrons. The van der Waals surface area contributed by atoms with Gasteiger partial charge in [0.2, 0.25) is 5.91 Å². The highest BCUT2D eigenvalue weighted by atomic mass is 32.2. The zero-order valence-corrected chi connectivity index (χ0v) is 12.8. The number of rotatable bonds is 2. The lowest BCUT2D eigenvalue weighted by Gasteiger charge is -2.49.